The van der Waals surface area contributed by atoms with Gasteiger partial charge in [0.25, 0.3) is 5.91 Å². The Labute approximate surface area is 140 Å². The summed E-state index contributed by atoms with van der Waals surface area (Å²) in [6.45, 7) is 0. The summed E-state index contributed by atoms with van der Waals surface area (Å²) in [5.74, 6) is -0.0635. The van der Waals surface area contributed by atoms with Crippen molar-refractivity contribution in [3.05, 3.63) is 65.2 Å². The van der Waals surface area contributed by atoms with Crippen LogP contribution in [-0.2, 0) is 11.8 Å². The van der Waals surface area contributed by atoms with E-state index in [4.69, 9.17) is 5.73 Å². The first kappa shape index (κ1) is 15.3. The van der Waals surface area contributed by atoms with Gasteiger partial charge in [-0.3, -0.25) is 4.79 Å². The highest BCUT2D eigenvalue weighted by atomic mass is 79.9. The van der Waals surface area contributed by atoms with Gasteiger partial charge in [0.2, 0.25) is 0 Å². The molecule has 2 aliphatic rings. The number of carbonyl (C=O) groups is 1. The summed E-state index contributed by atoms with van der Waals surface area (Å²) in [7, 11) is 0. The molecule has 3 N–H and O–H groups in total. The highest BCUT2D eigenvalue weighted by molar-refractivity contribution is 8.93. The van der Waals surface area contributed by atoms with Crippen molar-refractivity contribution < 1.29 is 4.79 Å². The molecule has 4 heteroatoms. The van der Waals surface area contributed by atoms with Crippen molar-refractivity contribution in [1.29, 1.82) is 0 Å². The summed E-state index contributed by atoms with van der Waals surface area (Å²) in [4.78, 5) is 12.2. The average molecular weight is 359 g/mol. The third-order valence-electron chi connectivity index (χ3n) is 4.91. The molecule has 0 bridgehead atoms. The molecule has 3 nitrogen and oxygen atoms in total. The van der Waals surface area contributed by atoms with E-state index in [2.05, 4.69) is 17.4 Å². The number of benzene rings is 2. The lowest BCUT2D eigenvalue weighted by atomic mass is 9.97. The zero-order valence-electron chi connectivity index (χ0n) is 12.2. The Morgan fingerprint density at radius 2 is 1.91 bits per heavy atom. The summed E-state index contributed by atoms with van der Waals surface area (Å²) in [6.07, 6.45) is 3.33. The minimum atomic E-state index is -0.0635. The Morgan fingerprint density at radius 3 is 2.59 bits per heavy atom. The summed E-state index contributed by atoms with van der Waals surface area (Å²) < 4.78 is 0. The third kappa shape index (κ3) is 2.36. The zero-order chi connectivity index (χ0) is 14.4. The second-order valence-corrected chi connectivity index (χ2v) is 6.16. The molecule has 2 atom stereocenters. The van der Waals surface area contributed by atoms with Crippen LogP contribution in [0.4, 0.5) is 5.69 Å². The zero-order valence-corrected chi connectivity index (χ0v) is 13.9. The van der Waals surface area contributed by atoms with E-state index in [1.54, 1.807) is 0 Å². The maximum Gasteiger partial charge on any atom is 0.255 e. The molecule has 114 valence electrons. The van der Waals surface area contributed by atoms with Crippen molar-refractivity contribution in [3.63, 3.8) is 0 Å². The van der Waals surface area contributed by atoms with Crippen LogP contribution in [0, 0.1) is 0 Å². The van der Waals surface area contributed by atoms with Gasteiger partial charge in [0.05, 0.1) is 0 Å². The van der Waals surface area contributed by atoms with E-state index in [-0.39, 0.29) is 28.3 Å². The van der Waals surface area contributed by atoms with Gasteiger partial charge in [-0.2, -0.15) is 0 Å². The van der Waals surface area contributed by atoms with Gasteiger partial charge in [0.1, 0.15) is 0 Å². The Morgan fingerprint density at radius 1 is 1.18 bits per heavy atom. The summed E-state index contributed by atoms with van der Waals surface area (Å²) in [5.41, 5.74) is 10.6. The van der Waals surface area contributed by atoms with Crippen molar-refractivity contribution >= 4 is 28.6 Å². The van der Waals surface area contributed by atoms with Crippen LogP contribution in [0.3, 0.4) is 0 Å². The predicted molar refractivity (Wildman–Crippen MR) is 93.8 cm³/mol. The van der Waals surface area contributed by atoms with E-state index in [1.807, 2.05) is 36.4 Å². The molecule has 0 unspecified atom stereocenters. The van der Waals surface area contributed by atoms with Crippen molar-refractivity contribution in [3.8, 4) is 0 Å². The summed E-state index contributed by atoms with van der Waals surface area (Å²) in [6, 6.07) is 15.9. The highest BCUT2D eigenvalue weighted by Gasteiger charge is 2.56. The first-order valence-corrected chi connectivity index (χ1v) is 7.44. The maximum atomic E-state index is 12.2. The number of hydrogen-bond donors (Lipinski definition) is 2. The second-order valence-electron chi connectivity index (χ2n) is 6.16. The van der Waals surface area contributed by atoms with Crippen molar-refractivity contribution in [1.82, 2.24) is 0 Å². The van der Waals surface area contributed by atoms with E-state index in [9.17, 15) is 4.79 Å². The Kier molecular flexibility index (Phi) is 3.83. The predicted octanol–water partition coefficient (Wildman–Crippen LogP) is 3.43. The van der Waals surface area contributed by atoms with Crippen LogP contribution >= 0.6 is 17.0 Å². The first-order chi connectivity index (χ1) is 10.2. The third-order valence-corrected chi connectivity index (χ3v) is 4.91. The number of amides is 1. The number of hydrogen-bond acceptors (Lipinski definition) is 2. The fraction of sp³-hybridized carbons (Fsp3) is 0.278. The molecular formula is C18H19BrN2O. The molecule has 0 aliphatic heterocycles. The minimum Gasteiger partial charge on any atom is -0.327 e. The quantitative estimate of drug-likeness (QED) is 0.863. The topological polar surface area (TPSA) is 55.1 Å². The second kappa shape index (κ2) is 5.52. The van der Waals surface area contributed by atoms with E-state index >= 15 is 0 Å². The van der Waals surface area contributed by atoms with Crippen molar-refractivity contribution in [2.24, 2.45) is 5.73 Å². The van der Waals surface area contributed by atoms with Crippen molar-refractivity contribution in [2.45, 2.75) is 30.7 Å². The molecule has 1 fully saturated rings. The van der Waals surface area contributed by atoms with Gasteiger partial charge in [0, 0.05) is 22.7 Å². The van der Waals surface area contributed by atoms with Crippen LogP contribution in [0.1, 0.15) is 34.3 Å². The summed E-state index contributed by atoms with van der Waals surface area (Å²) in [5, 5.41) is 2.98. The molecular weight excluding hydrogens is 340 g/mol. The SMILES string of the molecule is Br.N[C@@H]1C[C@@]12CCc1cc(NC(=O)c3ccccc3)ccc12. The van der Waals surface area contributed by atoms with Gasteiger partial charge in [0.15, 0.2) is 0 Å². The molecule has 2 aromatic rings. The van der Waals surface area contributed by atoms with Gasteiger partial charge in [-0.1, -0.05) is 24.3 Å². The maximum absolute atomic E-state index is 12.2. The van der Waals surface area contributed by atoms with Crippen LogP contribution in [0.5, 0.6) is 0 Å². The normalized spacial score (nSPS) is 24.5. The Hall–Kier alpha value is -1.65. The number of nitrogens with two attached hydrogens (primary N) is 1. The highest BCUT2D eigenvalue weighted by Crippen LogP contribution is 2.55. The molecule has 0 heterocycles. The first-order valence-electron chi connectivity index (χ1n) is 7.44. The lowest BCUT2D eigenvalue weighted by Gasteiger charge is -2.11. The molecule has 1 saturated carbocycles. The van der Waals surface area contributed by atoms with Crippen molar-refractivity contribution in [2.75, 3.05) is 5.32 Å². The molecule has 0 aromatic heterocycles. The number of aryl methyl sites for hydroxylation is 1. The van der Waals surface area contributed by atoms with Crippen LogP contribution in [-0.4, -0.2) is 11.9 Å². The molecule has 0 saturated heterocycles. The molecule has 22 heavy (non-hydrogen) atoms. The minimum absolute atomic E-state index is 0. The van der Waals surface area contributed by atoms with Gasteiger partial charge in [-0.15, -0.1) is 17.0 Å². The van der Waals surface area contributed by atoms with Crippen LogP contribution in [0.15, 0.2) is 48.5 Å². The summed E-state index contributed by atoms with van der Waals surface area (Å²) >= 11 is 0. The Bertz CT molecular complexity index is 716. The molecule has 0 radical (unpaired) electrons. The van der Waals surface area contributed by atoms with E-state index in [1.165, 1.54) is 11.1 Å². The smallest absolute Gasteiger partial charge is 0.255 e. The van der Waals surface area contributed by atoms with E-state index in [0.29, 0.717) is 11.6 Å². The molecule has 1 spiro atoms. The van der Waals surface area contributed by atoms with E-state index < -0.39 is 0 Å². The van der Waals surface area contributed by atoms with Gasteiger partial charge in [-0.05, 0) is 54.7 Å². The van der Waals surface area contributed by atoms with Crippen LogP contribution in [0.25, 0.3) is 0 Å². The fourth-order valence-corrected chi connectivity index (χ4v) is 3.58. The Balaban J connectivity index is 0.00000144. The molecule has 4 rings (SSSR count). The number of carbonyl (C=O) groups excluding carboxylic acids is 1. The number of halogens is 1. The number of nitrogens with one attached hydrogen (secondary N) is 1. The lowest BCUT2D eigenvalue weighted by molar-refractivity contribution is 0.102. The molecule has 1 amide bonds. The van der Waals surface area contributed by atoms with Gasteiger partial charge >= 0.3 is 0 Å². The van der Waals surface area contributed by atoms with E-state index in [0.717, 1.165) is 24.9 Å². The number of anilines is 1. The van der Waals surface area contributed by atoms with Crippen LogP contribution < -0.4 is 11.1 Å². The molecule has 2 aromatic carbocycles. The average Bonchev–Trinajstić information content (AvgIpc) is 3.02. The lowest BCUT2D eigenvalue weighted by Crippen LogP contribution is -2.15. The van der Waals surface area contributed by atoms with Crippen LogP contribution in [0.2, 0.25) is 0 Å². The standard InChI is InChI=1S/C18H18N2O.BrH/c19-16-11-18(16)9-8-13-10-14(6-7-15(13)18)20-17(21)12-4-2-1-3-5-12;/h1-7,10,16H,8-9,11,19H2,(H,20,21);1H/t16-,18-;/m1./s1. The number of rotatable bonds is 2. The fourth-order valence-electron chi connectivity index (χ4n) is 3.58. The van der Waals surface area contributed by atoms with Gasteiger partial charge < -0.3 is 11.1 Å². The monoisotopic (exact) mass is 358 g/mol. The largest absolute Gasteiger partial charge is 0.327 e. The number of fused-ring (bicyclic) bond motifs is 2. The van der Waals surface area contributed by atoms with Gasteiger partial charge in [-0.25, -0.2) is 0 Å². The molecule has 2 aliphatic carbocycles.